The zero-order chi connectivity index (χ0) is 16.4. The van der Waals surface area contributed by atoms with Gasteiger partial charge in [0, 0.05) is 48.0 Å². The van der Waals surface area contributed by atoms with Crippen molar-refractivity contribution in [2.45, 2.75) is 13.8 Å². The van der Waals surface area contributed by atoms with Crippen molar-refractivity contribution in [3.63, 3.8) is 0 Å². The van der Waals surface area contributed by atoms with E-state index in [-0.39, 0.29) is 6.03 Å². The summed E-state index contributed by atoms with van der Waals surface area (Å²) in [4.78, 5) is 21.6. The summed E-state index contributed by atoms with van der Waals surface area (Å²) in [5.74, 6) is 0. The fraction of sp³-hybridized carbons (Fsp3) is 0.375. The van der Waals surface area contributed by atoms with E-state index in [0.717, 1.165) is 34.2 Å². The Morgan fingerprint density at radius 3 is 2.61 bits per heavy atom. The molecule has 1 fully saturated rings. The lowest BCUT2D eigenvalue weighted by molar-refractivity contribution is 0.208. The first-order valence-electron chi connectivity index (χ1n) is 7.52. The van der Waals surface area contributed by atoms with Gasteiger partial charge < -0.3 is 9.80 Å². The molecule has 1 aliphatic rings. The molecule has 0 unspecified atom stereocenters. The molecular formula is C16H19ClN4OS. The molecule has 1 N–H and O–H groups in total. The van der Waals surface area contributed by atoms with Gasteiger partial charge in [-0.1, -0.05) is 17.7 Å². The Morgan fingerprint density at radius 1 is 1.26 bits per heavy atom. The van der Waals surface area contributed by atoms with Crippen LogP contribution in [0.5, 0.6) is 0 Å². The number of nitrogens with zero attached hydrogens (tertiary/aromatic N) is 3. The third-order valence-corrected chi connectivity index (χ3v) is 5.16. The normalized spacial score (nSPS) is 14.9. The molecule has 1 saturated heterocycles. The number of thiazole rings is 1. The second-order valence-electron chi connectivity index (χ2n) is 5.61. The van der Waals surface area contributed by atoms with E-state index in [1.165, 1.54) is 11.3 Å². The SMILES string of the molecule is Cc1cnc(NC(=O)N2CCN(c3ccc(C)c(Cl)c3)CC2)s1. The second-order valence-corrected chi connectivity index (χ2v) is 7.26. The van der Waals surface area contributed by atoms with Crippen molar-refractivity contribution in [1.29, 1.82) is 0 Å². The smallest absolute Gasteiger partial charge is 0.323 e. The van der Waals surface area contributed by atoms with Crippen molar-refractivity contribution in [1.82, 2.24) is 9.88 Å². The molecule has 1 aromatic heterocycles. The molecule has 0 saturated carbocycles. The first kappa shape index (κ1) is 16.1. The maximum absolute atomic E-state index is 12.3. The fourth-order valence-electron chi connectivity index (χ4n) is 2.53. The molecule has 7 heteroatoms. The summed E-state index contributed by atoms with van der Waals surface area (Å²) in [6.45, 7) is 6.92. The highest BCUT2D eigenvalue weighted by molar-refractivity contribution is 7.15. The molecule has 1 aromatic carbocycles. The van der Waals surface area contributed by atoms with Crippen LogP contribution < -0.4 is 10.2 Å². The van der Waals surface area contributed by atoms with Gasteiger partial charge >= 0.3 is 6.03 Å². The molecule has 122 valence electrons. The highest BCUT2D eigenvalue weighted by atomic mass is 35.5. The minimum atomic E-state index is -0.0825. The number of halogens is 1. The Hall–Kier alpha value is -1.79. The quantitative estimate of drug-likeness (QED) is 0.897. The number of benzene rings is 1. The van der Waals surface area contributed by atoms with Gasteiger partial charge in [0.1, 0.15) is 0 Å². The van der Waals surface area contributed by atoms with Gasteiger partial charge in [0.25, 0.3) is 0 Å². The van der Waals surface area contributed by atoms with Gasteiger partial charge in [0.05, 0.1) is 0 Å². The highest BCUT2D eigenvalue weighted by Crippen LogP contribution is 2.24. The number of hydrogen-bond acceptors (Lipinski definition) is 4. The van der Waals surface area contributed by atoms with Crippen molar-refractivity contribution < 1.29 is 4.79 Å². The minimum absolute atomic E-state index is 0.0825. The summed E-state index contributed by atoms with van der Waals surface area (Å²) in [5, 5.41) is 4.29. The van der Waals surface area contributed by atoms with E-state index in [2.05, 4.69) is 21.3 Å². The van der Waals surface area contributed by atoms with E-state index in [0.29, 0.717) is 18.2 Å². The molecule has 2 amide bonds. The first-order valence-corrected chi connectivity index (χ1v) is 8.72. The number of carbonyl (C=O) groups excluding carboxylic acids is 1. The number of carbonyl (C=O) groups is 1. The standard InChI is InChI=1S/C16H19ClN4OS/c1-11-3-4-13(9-14(11)17)20-5-7-21(8-6-20)16(22)19-15-18-10-12(2)23-15/h3-4,9-10H,5-8H2,1-2H3,(H,18,19,22). The average Bonchev–Trinajstić information content (AvgIpc) is 2.95. The molecular weight excluding hydrogens is 332 g/mol. The summed E-state index contributed by atoms with van der Waals surface area (Å²) < 4.78 is 0. The molecule has 5 nitrogen and oxygen atoms in total. The van der Waals surface area contributed by atoms with Crippen molar-refractivity contribution in [3.8, 4) is 0 Å². The van der Waals surface area contributed by atoms with E-state index in [1.807, 2.05) is 30.9 Å². The molecule has 0 atom stereocenters. The maximum Gasteiger partial charge on any atom is 0.323 e. The van der Waals surface area contributed by atoms with Crippen LogP contribution in [0.4, 0.5) is 15.6 Å². The van der Waals surface area contributed by atoms with Crippen LogP contribution in [-0.4, -0.2) is 42.1 Å². The lowest BCUT2D eigenvalue weighted by Gasteiger charge is -2.36. The van der Waals surface area contributed by atoms with Gasteiger partial charge in [-0.05, 0) is 31.5 Å². The number of amides is 2. The third-order valence-electron chi connectivity index (χ3n) is 3.92. The van der Waals surface area contributed by atoms with E-state index >= 15 is 0 Å². The number of aryl methyl sites for hydroxylation is 2. The van der Waals surface area contributed by atoms with Crippen LogP contribution in [-0.2, 0) is 0 Å². The second kappa shape index (κ2) is 6.76. The summed E-state index contributed by atoms with van der Waals surface area (Å²) in [7, 11) is 0. The number of rotatable bonds is 2. The summed E-state index contributed by atoms with van der Waals surface area (Å²) in [6.07, 6.45) is 1.76. The number of urea groups is 1. The molecule has 1 aliphatic heterocycles. The van der Waals surface area contributed by atoms with Crippen molar-refractivity contribution in [2.75, 3.05) is 36.4 Å². The molecule has 0 radical (unpaired) electrons. The van der Waals surface area contributed by atoms with Crippen molar-refractivity contribution in [2.24, 2.45) is 0 Å². The fourth-order valence-corrected chi connectivity index (χ4v) is 3.36. The van der Waals surface area contributed by atoms with Crippen LogP contribution in [0.3, 0.4) is 0 Å². The molecule has 2 heterocycles. The van der Waals surface area contributed by atoms with Gasteiger partial charge in [0.2, 0.25) is 0 Å². The lowest BCUT2D eigenvalue weighted by Crippen LogP contribution is -2.50. The number of piperazine rings is 1. The summed E-state index contributed by atoms with van der Waals surface area (Å²) in [6, 6.07) is 6.02. The van der Waals surface area contributed by atoms with E-state index in [4.69, 9.17) is 11.6 Å². The predicted molar refractivity (Wildman–Crippen MR) is 95.8 cm³/mol. The molecule has 0 spiro atoms. The monoisotopic (exact) mass is 350 g/mol. The van der Waals surface area contributed by atoms with Crippen molar-refractivity contribution >= 4 is 39.8 Å². The number of aromatic nitrogens is 1. The topological polar surface area (TPSA) is 48.5 Å². The maximum atomic E-state index is 12.3. The van der Waals surface area contributed by atoms with Crippen LogP contribution >= 0.6 is 22.9 Å². The zero-order valence-corrected chi connectivity index (χ0v) is 14.7. The Morgan fingerprint density at radius 2 is 2.00 bits per heavy atom. The third kappa shape index (κ3) is 3.76. The summed E-state index contributed by atoms with van der Waals surface area (Å²) in [5.41, 5.74) is 2.18. The van der Waals surface area contributed by atoms with Crippen molar-refractivity contribution in [3.05, 3.63) is 39.9 Å². The largest absolute Gasteiger partial charge is 0.368 e. The van der Waals surface area contributed by atoms with Gasteiger partial charge in [-0.2, -0.15) is 0 Å². The minimum Gasteiger partial charge on any atom is -0.368 e. The Bertz CT molecular complexity index is 710. The van der Waals surface area contributed by atoms with E-state index in [9.17, 15) is 4.79 Å². The zero-order valence-electron chi connectivity index (χ0n) is 13.2. The Labute approximate surface area is 144 Å². The lowest BCUT2D eigenvalue weighted by atomic mass is 10.2. The predicted octanol–water partition coefficient (Wildman–Crippen LogP) is 3.77. The average molecular weight is 351 g/mol. The number of nitrogens with one attached hydrogen (secondary N) is 1. The molecule has 0 bridgehead atoms. The Kier molecular flexibility index (Phi) is 4.73. The Balaban J connectivity index is 1.57. The van der Waals surface area contributed by atoms with Crippen LogP contribution in [0.1, 0.15) is 10.4 Å². The van der Waals surface area contributed by atoms with Gasteiger partial charge in [-0.15, -0.1) is 11.3 Å². The highest BCUT2D eigenvalue weighted by Gasteiger charge is 2.22. The van der Waals surface area contributed by atoms with Gasteiger partial charge in [0.15, 0.2) is 5.13 Å². The molecule has 3 rings (SSSR count). The van der Waals surface area contributed by atoms with E-state index in [1.54, 1.807) is 6.20 Å². The summed E-state index contributed by atoms with van der Waals surface area (Å²) >= 11 is 7.68. The van der Waals surface area contributed by atoms with Crippen LogP contribution in [0, 0.1) is 13.8 Å². The number of hydrogen-bond donors (Lipinski definition) is 1. The molecule has 2 aromatic rings. The number of anilines is 2. The van der Waals surface area contributed by atoms with Crippen LogP contribution in [0.25, 0.3) is 0 Å². The van der Waals surface area contributed by atoms with Crippen LogP contribution in [0.15, 0.2) is 24.4 Å². The van der Waals surface area contributed by atoms with Gasteiger partial charge in [-0.25, -0.2) is 9.78 Å². The van der Waals surface area contributed by atoms with E-state index < -0.39 is 0 Å². The van der Waals surface area contributed by atoms with Gasteiger partial charge in [-0.3, -0.25) is 5.32 Å². The van der Waals surface area contributed by atoms with Crippen LogP contribution in [0.2, 0.25) is 5.02 Å². The molecule has 0 aliphatic carbocycles. The molecule has 23 heavy (non-hydrogen) atoms. The first-order chi connectivity index (χ1) is 11.0.